The van der Waals surface area contributed by atoms with Crippen molar-refractivity contribution in [1.82, 2.24) is 19.5 Å². The summed E-state index contributed by atoms with van der Waals surface area (Å²) in [5.74, 6) is -0.0486. The number of nitrogen functional groups attached to an aromatic ring is 1. The van der Waals surface area contributed by atoms with Crippen molar-refractivity contribution < 1.29 is 19.1 Å². The van der Waals surface area contributed by atoms with Gasteiger partial charge in [0, 0.05) is 0 Å². The van der Waals surface area contributed by atoms with Crippen LogP contribution in [0.4, 0.5) is 5.95 Å². The van der Waals surface area contributed by atoms with Gasteiger partial charge in [0.15, 0.2) is 11.2 Å². The predicted octanol–water partition coefficient (Wildman–Crippen LogP) is -0.758. The topological polar surface area (TPSA) is 156 Å². The Hall–Kier alpha value is -1.74. The number of hydrogen-bond donors (Lipinski definition) is 4. The van der Waals surface area contributed by atoms with Crippen molar-refractivity contribution in [3.8, 4) is 0 Å². The molecule has 0 spiro atoms. The molecule has 2 aromatic heterocycles. The summed E-state index contributed by atoms with van der Waals surface area (Å²) in [5, 5.41) is 0. The molecule has 10 nitrogen and oxygen atoms in total. The number of aromatic nitrogens is 4. The van der Waals surface area contributed by atoms with Gasteiger partial charge in [0.05, 0.1) is 18.6 Å². The highest BCUT2D eigenvalue weighted by Gasteiger charge is 2.19. The number of nitrogens with two attached hydrogens (primary N) is 1. The van der Waals surface area contributed by atoms with Crippen LogP contribution in [0.5, 0.6) is 0 Å². The minimum absolute atomic E-state index is 0.0481. The van der Waals surface area contributed by atoms with E-state index in [4.69, 9.17) is 20.3 Å². The molecule has 0 saturated heterocycles. The van der Waals surface area contributed by atoms with Crippen molar-refractivity contribution >= 4 is 24.7 Å². The minimum Gasteiger partial charge on any atom is -0.369 e. The molecule has 0 aromatic carbocycles. The number of nitrogens with one attached hydrogen (secondary N) is 1. The maximum Gasteiger partial charge on any atom is 0.328 e. The van der Waals surface area contributed by atoms with Gasteiger partial charge >= 0.3 is 7.60 Å². The molecule has 2 aromatic rings. The summed E-state index contributed by atoms with van der Waals surface area (Å²) in [6.07, 6.45) is 0.291. The van der Waals surface area contributed by atoms with E-state index in [0.29, 0.717) is 0 Å². The third kappa shape index (κ3) is 3.42. The van der Waals surface area contributed by atoms with Gasteiger partial charge in [-0.1, -0.05) is 0 Å². The standard InChI is InChI=1S/C9H14N5O5P/c1-5(2-20(16,17)18)19-4-14-3-11-6-7(14)12-9(10)13-8(6)15/h3,5H,2,4H2,1H3,(H2,16,17,18)(H3,10,12,13,15). The molecule has 1 atom stereocenters. The minimum atomic E-state index is -4.13. The molecule has 20 heavy (non-hydrogen) atoms. The first kappa shape index (κ1) is 14.7. The lowest BCUT2D eigenvalue weighted by Gasteiger charge is -2.14. The van der Waals surface area contributed by atoms with Gasteiger partial charge in [-0.15, -0.1) is 0 Å². The fourth-order valence-electron chi connectivity index (χ4n) is 1.66. The van der Waals surface area contributed by atoms with Crippen molar-refractivity contribution in [2.24, 2.45) is 0 Å². The Morgan fingerprint density at radius 1 is 1.60 bits per heavy atom. The molecule has 11 heteroatoms. The van der Waals surface area contributed by atoms with Crippen LogP contribution in [-0.2, 0) is 16.0 Å². The van der Waals surface area contributed by atoms with E-state index in [9.17, 15) is 9.36 Å². The highest BCUT2D eigenvalue weighted by molar-refractivity contribution is 7.51. The van der Waals surface area contributed by atoms with Crippen molar-refractivity contribution in [2.45, 2.75) is 19.8 Å². The van der Waals surface area contributed by atoms with Crippen LogP contribution in [0, 0.1) is 0 Å². The predicted molar refractivity (Wildman–Crippen MR) is 70.0 cm³/mol. The van der Waals surface area contributed by atoms with Gasteiger partial charge in [-0.2, -0.15) is 4.98 Å². The van der Waals surface area contributed by atoms with Gasteiger partial charge in [-0.05, 0) is 6.92 Å². The second kappa shape index (κ2) is 5.33. The average Bonchev–Trinajstić information content (AvgIpc) is 2.67. The highest BCUT2D eigenvalue weighted by atomic mass is 31.2. The molecule has 0 aliphatic rings. The number of anilines is 1. The number of ether oxygens (including phenoxy) is 1. The van der Waals surface area contributed by atoms with Crippen molar-refractivity contribution in [3.63, 3.8) is 0 Å². The number of nitrogens with zero attached hydrogens (tertiary/aromatic N) is 3. The van der Waals surface area contributed by atoms with Gasteiger partial charge in [0.1, 0.15) is 6.73 Å². The maximum absolute atomic E-state index is 11.5. The number of fused-ring (bicyclic) bond motifs is 1. The first-order chi connectivity index (χ1) is 9.26. The lowest BCUT2D eigenvalue weighted by atomic mass is 10.5. The van der Waals surface area contributed by atoms with Crippen LogP contribution in [0.3, 0.4) is 0 Å². The number of aromatic amines is 1. The zero-order valence-corrected chi connectivity index (χ0v) is 11.4. The van der Waals surface area contributed by atoms with E-state index in [1.54, 1.807) is 0 Å². The van der Waals surface area contributed by atoms with Crippen molar-refractivity contribution in [3.05, 3.63) is 16.7 Å². The van der Waals surface area contributed by atoms with E-state index in [1.165, 1.54) is 17.8 Å². The average molecular weight is 303 g/mol. The lowest BCUT2D eigenvalue weighted by Crippen LogP contribution is -2.17. The summed E-state index contributed by atoms with van der Waals surface area (Å²) < 4.78 is 17.5. The molecule has 0 bridgehead atoms. The van der Waals surface area contributed by atoms with E-state index in [1.807, 2.05) is 0 Å². The molecule has 0 aliphatic carbocycles. The molecular weight excluding hydrogens is 289 g/mol. The van der Waals surface area contributed by atoms with Gasteiger partial charge < -0.3 is 20.3 Å². The molecule has 0 saturated carbocycles. The summed E-state index contributed by atoms with van der Waals surface area (Å²) in [7, 11) is -4.13. The van der Waals surface area contributed by atoms with Crippen LogP contribution < -0.4 is 11.3 Å². The largest absolute Gasteiger partial charge is 0.369 e. The lowest BCUT2D eigenvalue weighted by molar-refractivity contribution is 0.0299. The first-order valence-corrected chi connectivity index (χ1v) is 7.43. The van der Waals surface area contributed by atoms with Crippen LogP contribution >= 0.6 is 7.60 Å². The zero-order valence-electron chi connectivity index (χ0n) is 10.6. The van der Waals surface area contributed by atoms with Crippen LogP contribution in [0.25, 0.3) is 11.2 Å². The Labute approximate surface area is 112 Å². The molecular formula is C9H14N5O5P. The quantitative estimate of drug-likeness (QED) is 0.525. The molecule has 0 fully saturated rings. The van der Waals surface area contributed by atoms with Gasteiger partial charge in [-0.25, -0.2) is 4.98 Å². The SMILES string of the molecule is CC(CP(=O)(O)O)OCn1cnc2c(=O)[nH]c(N)nc21. The summed E-state index contributed by atoms with van der Waals surface area (Å²) in [5.41, 5.74) is 5.34. The van der Waals surface area contributed by atoms with Gasteiger partial charge in [0.25, 0.3) is 5.56 Å². The summed E-state index contributed by atoms with van der Waals surface area (Å²) in [6.45, 7) is 1.49. The summed E-state index contributed by atoms with van der Waals surface area (Å²) in [6, 6.07) is 0. The molecule has 5 N–H and O–H groups in total. The fraction of sp³-hybridized carbons (Fsp3) is 0.444. The molecule has 0 aliphatic heterocycles. The van der Waals surface area contributed by atoms with Crippen molar-refractivity contribution in [2.75, 3.05) is 11.9 Å². The molecule has 0 radical (unpaired) electrons. The van der Waals surface area contributed by atoms with Gasteiger partial charge in [0.2, 0.25) is 5.95 Å². The van der Waals surface area contributed by atoms with Gasteiger partial charge in [-0.3, -0.25) is 18.9 Å². The number of hydrogen-bond acceptors (Lipinski definition) is 6. The summed E-state index contributed by atoms with van der Waals surface area (Å²) >= 11 is 0. The van der Waals surface area contributed by atoms with E-state index < -0.39 is 25.4 Å². The van der Waals surface area contributed by atoms with Crippen LogP contribution in [0.1, 0.15) is 6.92 Å². The second-order valence-electron chi connectivity index (χ2n) is 4.29. The Morgan fingerprint density at radius 3 is 2.95 bits per heavy atom. The Balaban J connectivity index is 2.15. The van der Waals surface area contributed by atoms with Crippen LogP contribution in [-0.4, -0.2) is 41.6 Å². The fourth-order valence-corrected chi connectivity index (χ4v) is 2.44. The Morgan fingerprint density at radius 2 is 2.30 bits per heavy atom. The molecule has 2 rings (SSSR count). The normalized spacial score (nSPS) is 13.8. The Kier molecular flexibility index (Phi) is 3.91. The molecule has 2 heterocycles. The molecule has 1 unspecified atom stereocenters. The summed E-state index contributed by atoms with van der Waals surface area (Å²) in [4.78, 5) is 39.3. The number of H-pyrrole nitrogens is 1. The molecule has 0 amide bonds. The van der Waals surface area contributed by atoms with E-state index in [0.717, 1.165) is 0 Å². The highest BCUT2D eigenvalue weighted by Crippen LogP contribution is 2.35. The smallest absolute Gasteiger partial charge is 0.328 e. The number of rotatable bonds is 5. The van der Waals surface area contributed by atoms with E-state index >= 15 is 0 Å². The zero-order chi connectivity index (χ0) is 14.9. The van der Waals surface area contributed by atoms with Crippen LogP contribution in [0.2, 0.25) is 0 Å². The van der Waals surface area contributed by atoms with Crippen molar-refractivity contribution in [1.29, 1.82) is 0 Å². The van der Waals surface area contributed by atoms with Crippen LogP contribution in [0.15, 0.2) is 11.1 Å². The maximum atomic E-state index is 11.5. The first-order valence-electron chi connectivity index (χ1n) is 5.63. The molecule has 110 valence electrons. The second-order valence-corrected chi connectivity index (χ2v) is 5.99. The third-order valence-corrected chi connectivity index (χ3v) is 3.48. The Bertz CT molecular complexity index is 719. The monoisotopic (exact) mass is 303 g/mol. The van der Waals surface area contributed by atoms with E-state index in [2.05, 4.69) is 15.0 Å². The third-order valence-electron chi connectivity index (χ3n) is 2.49. The van der Waals surface area contributed by atoms with E-state index in [-0.39, 0.29) is 23.8 Å². The number of imidazole rings is 1.